The second-order valence-corrected chi connectivity index (χ2v) is 4.72. The van der Waals surface area contributed by atoms with E-state index in [-0.39, 0.29) is 6.04 Å². The van der Waals surface area contributed by atoms with Crippen LogP contribution in [0, 0.1) is 0 Å². The number of carbonyl (C=O) groups is 1. The predicted octanol–water partition coefficient (Wildman–Crippen LogP) is 2.74. The number of nitrogens with zero attached hydrogens (tertiary/aromatic N) is 1. The molecule has 1 aromatic rings. The molecule has 1 N–H and O–H groups in total. The van der Waals surface area contributed by atoms with Crippen LogP contribution in [0.25, 0.3) is 0 Å². The van der Waals surface area contributed by atoms with Gasteiger partial charge in [-0.1, -0.05) is 23.7 Å². The topological polar surface area (TPSA) is 40.5 Å². The summed E-state index contributed by atoms with van der Waals surface area (Å²) < 4.78 is 0. The molecule has 0 aliphatic carbocycles. The fourth-order valence-electron chi connectivity index (χ4n) is 2.18. The zero-order valence-electron chi connectivity index (χ0n) is 9.27. The number of hydrogen-bond donors (Lipinski definition) is 1. The molecule has 1 aromatic carbocycles. The van der Waals surface area contributed by atoms with Gasteiger partial charge >= 0.3 is 5.97 Å². The Morgan fingerprint density at radius 3 is 2.81 bits per heavy atom. The fourth-order valence-corrected chi connectivity index (χ4v) is 2.47. The lowest BCUT2D eigenvalue weighted by molar-refractivity contribution is -0.138. The van der Waals surface area contributed by atoms with Gasteiger partial charge in [0.05, 0.1) is 10.7 Å². The third-order valence-electron chi connectivity index (χ3n) is 2.98. The molecule has 0 saturated heterocycles. The molecule has 1 heterocycles. The highest BCUT2D eigenvalue weighted by molar-refractivity contribution is 6.33. The first-order valence-electron chi connectivity index (χ1n) is 5.30. The molecule has 1 aliphatic heterocycles. The number of hydrogen-bond acceptors (Lipinski definition) is 2. The van der Waals surface area contributed by atoms with Crippen LogP contribution < -0.4 is 4.90 Å². The van der Waals surface area contributed by atoms with Crippen molar-refractivity contribution in [2.24, 2.45) is 0 Å². The molecule has 16 heavy (non-hydrogen) atoms. The SMILES string of the molecule is CC(C)N1CC(C(=O)O)c2cccc(Cl)c21. The summed E-state index contributed by atoms with van der Waals surface area (Å²) in [4.78, 5) is 13.2. The van der Waals surface area contributed by atoms with E-state index >= 15 is 0 Å². The first-order valence-corrected chi connectivity index (χ1v) is 5.68. The molecule has 0 fully saturated rings. The van der Waals surface area contributed by atoms with Crippen molar-refractivity contribution in [3.63, 3.8) is 0 Å². The van der Waals surface area contributed by atoms with E-state index in [4.69, 9.17) is 11.6 Å². The summed E-state index contributed by atoms with van der Waals surface area (Å²) in [6.45, 7) is 4.58. The minimum absolute atomic E-state index is 0.253. The number of aliphatic carboxylic acids is 1. The zero-order chi connectivity index (χ0) is 11.9. The summed E-state index contributed by atoms with van der Waals surface area (Å²) in [5.41, 5.74) is 1.71. The molecule has 4 heteroatoms. The van der Waals surface area contributed by atoms with Crippen molar-refractivity contribution < 1.29 is 9.90 Å². The van der Waals surface area contributed by atoms with Crippen LogP contribution in [0.15, 0.2) is 18.2 Å². The van der Waals surface area contributed by atoms with E-state index in [1.54, 1.807) is 12.1 Å². The third kappa shape index (κ3) is 1.65. The number of carboxylic acids is 1. The van der Waals surface area contributed by atoms with E-state index in [2.05, 4.69) is 4.90 Å². The smallest absolute Gasteiger partial charge is 0.312 e. The van der Waals surface area contributed by atoms with Crippen LogP contribution in [0.5, 0.6) is 0 Å². The highest BCUT2D eigenvalue weighted by atomic mass is 35.5. The minimum atomic E-state index is -0.785. The Kier molecular flexibility index (Phi) is 2.80. The lowest BCUT2D eigenvalue weighted by Crippen LogP contribution is -2.31. The number of anilines is 1. The van der Waals surface area contributed by atoms with Crippen molar-refractivity contribution in [2.45, 2.75) is 25.8 Å². The maximum absolute atomic E-state index is 11.2. The molecule has 0 spiro atoms. The van der Waals surface area contributed by atoms with Crippen molar-refractivity contribution in [1.82, 2.24) is 0 Å². The number of fused-ring (bicyclic) bond motifs is 1. The number of halogens is 1. The molecule has 0 amide bonds. The molecule has 1 aliphatic rings. The Hall–Kier alpha value is -1.22. The quantitative estimate of drug-likeness (QED) is 0.863. The largest absolute Gasteiger partial charge is 0.481 e. The Morgan fingerprint density at radius 1 is 1.56 bits per heavy atom. The van der Waals surface area contributed by atoms with Gasteiger partial charge in [-0.3, -0.25) is 4.79 Å². The molecule has 86 valence electrons. The molecule has 0 saturated carbocycles. The molecular formula is C12H14ClNO2. The van der Waals surface area contributed by atoms with Crippen molar-refractivity contribution in [2.75, 3.05) is 11.4 Å². The summed E-state index contributed by atoms with van der Waals surface area (Å²) >= 11 is 6.14. The fraction of sp³-hybridized carbons (Fsp3) is 0.417. The van der Waals surface area contributed by atoms with Gasteiger partial charge < -0.3 is 10.0 Å². The second kappa shape index (κ2) is 3.98. The van der Waals surface area contributed by atoms with Crippen molar-refractivity contribution >= 4 is 23.3 Å². The minimum Gasteiger partial charge on any atom is -0.481 e. The highest BCUT2D eigenvalue weighted by Crippen LogP contribution is 2.42. The predicted molar refractivity (Wildman–Crippen MR) is 64.3 cm³/mol. The average molecular weight is 240 g/mol. The zero-order valence-corrected chi connectivity index (χ0v) is 10.0. The molecular weight excluding hydrogens is 226 g/mol. The van der Waals surface area contributed by atoms with E-state index in [1.807, 2.05) is 19.9 Å². The molecule has 1 unspecified atom stereocenters. The normalized spacial score (nSPS) is 19.0. The van der Waals surface area contributed by atoms with Crippen molar-refractivity contribution in [3.8, 4) is 0 Å². The van der Waals surface area contributed by atoms with Crippen LogP contribution in [0.3, 0.4) is 0 Å². The summed E-state index contributed by atoms with van der Waals surface area (Å²) in [6.07, 6.45) is 0. The van der Waals surface area contributed by atoms with Crippen LogP contribution in [0.4, 0.5) is 5.69 Å². The van der Waals surface area contributed by atoms with E-state index in [9.17, 15) is 9.90 Å². The molecule has 1 atom stereocenters. The van der Waals surface area contributed by atoms with Gasteiger partial charge in [0, 0.05) is 12.6 Å². The molecule has 0 bridgehead atoms. The molecule has 0 radical (unpaired) electrons. The van der Waals surface area contributed by atoms with Crippen LogP contribution in [0.1, 0.15) is 25.3 Å². The first-order chi connectivity index (χ1) is 7.52. The molecule has 0 aromatic heterocycles. The van der Waals surface area contributed by atoms with Gasteiger partial charge in [0.1, 0.15) is 5.92 Å². The summed E-state index contributed by atoms with van der Waals surface area (Å²) in [5.74, 6) is -1.25. The maximum atomic E-state index is 11.2. The summed E-state index contributed by atoms with van der Waals surface area (Å²) in [6, 6.07) is 5.71. The van der Waals surface area contributed by atoms with Crippen LogP contribution in [-0.2, 0) is 4.79 Å². The van der Waals surface area contributed by atoms with Gasteiger partial charge in [0.15, 0.2) is 0 Å². The van der Waals surface area contributed by atoms with Gasteiger partial charge in [-0.05, 0) is 25.5 Å². The lowest BCUT2D eigenvalue weighted by Gasteiger charge is -2.24. The second-order valence-electron chi connectivity index (χ2n) is 4.31. The van der Waals surface area contributed by atoms with Crippen molar-refractivity contribution in [3.05, 3.63) is 28.8 Å². The Labute approximate surface area is 99.6 Å². The third-order valence-corrected chi connectivity index (χ3v) is 3.29. The molecule has 2 rings (SSSR count). The van der Waals surface area contributed by atoms with E-state index in [0.717, 1.165) is 11.3 Å². The van der Waals surface area contributed by atoms with Crippen LogP contribution in [0.2, 0.25) is 5.02 Å². The van der Waals surface area contributed by atoms with E-state index in [1.165, 1.54) is 0 Å². The Balaban J connectivity index is 2.53. The van der Waals surface area contributed by atoms with E-state index < -0.39 is 11.9 Å². The van der Waals surface area contributed by atoms with Gasteiger partial charge in [-0.15, -0.1) is 0 Å². The van der Waals surface area contributed by atoms with E-state index in [0.29, 0.717) is 11.6 Å². The summed E-state index contributed by atoms with van der Waals surface area (Å²) in [7, 11) is 0. The van der Waals surface area contributed by atoms with Crippen LogP contribution in [-0.4, -0.2) is 23.7 Å². The van der Waals surface area contributed by atoms with Crippen molar-refractivity contribution in [1.29, 1.82) is 0 Å². The maximum Gasteiger partial charge on any atom is 0.312 e. The standard InChI is InChI=1S/C12H14ClNO2/c1-7(2)14-6-9(12(15)16)8-4-3-5-10(13)11(8)14/h3-5,7,9H,6H2,1-2H3,(H,15,16). The Morgan fingerprint density at radius 2 is 2.25 bits per heavy atom. The summed E-state index contributed by atoms with van der Waals surface area (Å²) in [5, 5.41) is 9.81. The van der Waals surface area contributed by atoms with Gasteiger partial charge in [0.25, 0.3) is 0 Å². The number of rotatable bonds is 2. The monoisotopic (exact) mass is 239 g/mol. The number of carboxylic acid groups (broad SMARTS) is 1. The highest BCUT2D eigenvalue weighted by Gasteiger charge is 2.35. The van der Waals surface area contributed by atoms with Gasteiger partial charge in [0.2, 0.25) is 0 Å². The van der Waals surface area contributed by atoms with Gasteiger partial charge in [-0.25, -0.2) is 0 Å². The Bertz CT molecular complexity index is 431. The lowest BCUT2D eigenvalue weighted by atomic mass is 10.0. The average Bonchev–Trinajstić information content (AvgIpc) is 2.58. The molecule has 3 nitrogen and oxygen atoms in total. The van der Waals surface area contributed by atoms with Crippen LogP contribution >= 0.6 is 11.6 Å². The number of para-hydroxylation sites is 1. The van der Waals surface area contributed by atoms with Gasteiger partial charge in [-0.2, -0.15) is 0 Å². The number of benzene rings is 1. The first kappa shape index (κ1) is 11.3.